The van der Waals surface area contributed by atoms with Crippen LogP contribution in [0.3, 0.4) is 0 Å². The van der Waals surface area contributed by atoms with Crippen molar-refractivity contribution in [1.82, 2.24) is 0 Å². The highest BCUT2D eigenvalue weighted by Gasteiger charge is 2.28. The van der Waals surface area contributed by atoms with Crippen molar-refractivity contribution < 1.29 is 0 Å². The van der Waals surface area contributed by atoms with E-state index in [0.717, 1.165) is 25.5 Å². The highest BCUT2D eigenvalue weighted by Crippen LogP contribution is 1.88. The first-order chi connectivity index (χ1) is 5.00. The van der Waals surface area contributed by atoms with E-state index in [2.05, 4.69) is 46.4 Å². The van der Waals surface area contributed by atoms with E-state index in [1.165, 1.54) is 7.06 Å². The fraction of sp³-hybridized carbons (Fsp3) is 0. The van der Waals surface area contributed by atoms with Gasteiger partial charge in [-0.3, -0.25) is 0 Å². The lowest BCUT2D eigenvalue weighted by molar-refractivity contribution is 3.50. The van der Waals surface area contributed by atoms with Crippen LogP contribution in [0.25, 0.3) is 0 Å². The molecule has 0 aromatic rings. The second-order valence-corrected chi connectivity index (χ2v) is 4.45. The first-order valence-electron chi connectivity index (χ1n) is 5.00. The molecule has 0 aliphatic heterocycles. The van der Waals surface area contributed by atoms with E-state index in [9.17, 15) is 0 Å². The first kappa shape index (κ1) is 11.7. The van der Waals surface area contributed by atoms with Crippen LogP contribution >= 0.6 is 0 Å². The van der Waals surface area contributed by atoms with E-state index in [-0.39, 0.29) is 0 Å². The molecule has 0 N–H and O–H groups in total. The predicted molar refractivity (Wildman–Crippen MR) is 81.4 cm³/mol. The summed E-state index contributed by atoms with van der Waals surface area (Å²) in [6.45, 7) is 0. The molecule has 0 aliphatic carbocycles. The van der Waals surface area contributed by atoms with Crippen molar-refractivity contribution in [3.8, 4) is 0 Å². The number of rotatable bonds is 4. The molecule has 0 bridgehead atoms. The molecule has 0 saturated carbocycles. The molecule has 0 rings (SSSR count). The molecule has 0 aliphatic rings. The molecule has 0 saturated heterocycles. The molecule has 0 unspecified atom stereocenters. The van der Waals surface area contributed by atoms with Gasteiger partial charge in [0.2, 0.25) is 0 Å². The van der Waals surface area contributed by atoms with E-state index < -0.39 is 0 Å². The summed E-state index contributed by atoms with van der Waals surface area (Å²) < 4.78 is 0. The van der Waals surface area contributed by atoms with Gasteiger partial charge in [-0.15, -0.1) is 0 Å². The fourth-order valence-electron chi connectivity index (χ4n) is 2.36. The Kier molecular flexibility index (Phi) is 5.72. The van der Waals surface area contributed by atoms with E-state index in [4.69, 9.17) is 0 Å². The largest absolute Gasteiger partial charge is 0.0594 e. The molecule has 0 radical (unpaired) electrons. The maximum Gasteiger partial charge on any atom is 0.0594 e. The topological polar surface area (TPSA) is 0 Å². The lowest BCUT2D eigenvalue weighted by Gasteiger charge is -2.23. The quantitative estimate of drug-likeness (QED) is 0.333. The Labute approximate surface area is 79.4 Å². The standard InChI is InChI=1S/B11H13/c1-7-10(6)11(8(2)3)9(4)5/h7H,1-6H2. The van der Waals surface area contributed by atoms with Gasteiger partial charge in [0.25, 0.3) is 0 Å². The highest BCUT2D eigenvalue weighted by molar-refractivity contribution is 8.01. The van der Waals surface area contributed by atoms with Crippen molar-refractivity contribution in [2.75, 3.05) is 0 Å². The van der Waals surface area contributed by atoms with Gasteiger partial charge in [-0.05, 0) is 0 Å². The molecule has 0 heterocycles. The van der Waals surface area contributed by atoms with Gasteiger partial charge in [0.05, 0.1) is 46.4 Å². The summed E-state index contributed by atoms with van der Waals surface area (Å²) in [6, 6.07) is 0. The summed E-state index contributed by atoms with van der Waals surface area (Å²) in [5, 5.41) is 0. The maximum absolute atomic E-state index is 2.38. The summed E-state index contributed by atoms with van der Waals surface area (Å²) in [4.78, 5) is 0. The van der Waals surface area contributed by atoms with Crippen molar-refractivity contribution in [3.63, 3.8) is 0 Å². The van der Waals surface area contributed by atoms with Crippen LogP contribution < -0.4 is 0 Å². The third kappa shape index (κ3) is 3.76. The van der Waals surface area contributed by atoms with Crippen LogP contribution in [-0.4, -0.2) is 79.0 Å². The van der Waals surface area contributed by atoms with Crippen molar-refractivity contribution in [2.45, 2.75) is 0 Å². The van der Waals surface area contributed by atoms with E-state index >= 15 is 0 Å². The zero-order valence-electron chi connectivity index (χ0n) is 9.02. The third-order valence-corrected chi connectivity index (χ3v) is 2.84. The van der Waals surface area contributed by atoms with Crippen molar-refractivity contribution in [3.05, 3.63) is 0 Å². The van der Waals surface area contributed by atoms with E-state index in [0.29, 0.717) is 0 Å². The lowest BCUT2D eigenvalue weighted by Crippen LogP contribution is -2.63. The minimum Gasteiger partial charge on any atom is 0.00434 e. The molecule has 0 aromatic heterocycles. The van der Waals surface area contributed by atoms with E-state index in [1.807, 2.05) is 0 Å². The molecule has 0 fully saturated rings. The Bertz CT molecular complexity index is 84.2. The monoisotopic (exact) mass is 134 g/mol. The summed E-state index contributed by atoms with van der Waals surface area (Å²) in [5.41, 5.74) is 0. The third-order valence-electron chi connectivity index (χ3n) is 2.84. The predicted octanol–water partition coefficient (Wildman–Crippen LogP) is -7.67. The smallest absolute Gasteiger partial charge is 0.00434 e. The van der Waals surface area contributed by atoms with Crippen LogP contribution in [0.1, 0.15) is 0 Å². The van der Waals surface area contributed by atoms with E-state index in [1.54, 1.807) is 0 Å². The van der Waals surface area contributed by atoms with Gasteiger partial charge >= 0.3 is 0 Å². The minimum atomic E-state index is 0.838. The van der Waals surface area contributed by atoms with Crippen LogP contribution in [0.5, 0.6) is 0 Å². The maximum atomic E-state index is 2.38. The van der Waals surface area contributed by atoms with Crippen molar-refractivity contribution in [1.29, 1.82) is 0 Å². The molecule has 11 heteroatoms. The summed E-state index contributed by atoms with van der Waals surface area (Å²) in [7, 11) is 15.4. The Morgan fingerprint density at radius 1 is 0.818 bits per heavy atom. The molecular weight excluding hydrogens is 119 g/mol. The molecule has 46 valence electrons. The average Bonchev–Trinajstić information content (AvgIpc) is 1.85. The summed E-state index contributed by atoms with van der Waals surface area (Å²) in [6.07, 6.45) is 3.46. The second-order valence-electron chi connectivity index (χ2n) is 4.45. The van der Waals surface area contributed by atoms with Crippen LogP contribution in [0.15, 0.2) is 0 Å². The molecular formula is H13B11. The van der Waals surface area contributed by atoms with Crippen LogP contribution in [0.4, 0.5) is 0 Å². The summed E-state index contributed by atoms with van der Waals surface area (Å²) >= 11 is 0. The normalized spacial score (nSPS) is 8.36. The number of hydrogen-bond acceptors (Lipinski definition) is 0. The molecule has 0 aromatic carbocycles. The van der Waals surface area contributed by atoms with Gasteiger partial charge in [-0.1, -0.05) is 0 Å². The Morgan fingerprint density at radius 2 is 1.18 bits per heavy atom. The minimum absolute atomic E-state index is 0.838. The second kappa shape index (κ2) is 5.38. The van der Waals surface area contributed by atoms with Gasteiger partial charge in [-0.25, -0.2) is 0 Å². The van der Waals surface area contributed by atoms with Gasteiger partial charge < -0.3 is 0 Å². The van der Waals surface area contributed by atoms with Gasteiger partial charge in [-0.2, -0.15) is 0 Å². The zero-order valence-corrected chi connectivity index (χ0v) is 9.02. The molecule has 0 nitrogen and oxygen atoms in total. The van der Waals surface area contributed by atoms with Crippen molar-refractivity contribution >= 4 is 79.0 Å². The zero-order chi connectivity index (χ0) is 9.02. The summed E-state index contributed by atoms with van der Waals surface area (Å²) in [5.74, 6) is 0. The highest BCUT2D eigenvalue weighted by atomic mass is 13.1. The molecule has 0 atom stereocenters. The average molecular weight is 132 g/mol. The van der Waals surface area contributed by atoms with Crippen LogP contribution in [0, 0.1) is 0 Å². The Balaban J connectivity index is 4.09. The lowest BCUT2D eigenvalue weighted by atomic mass is 8.56. The van der Waals surface area contributed by atoms with Gasteiger partial charge in [0.1, 0.15) is 0 Å². The Hall–Kier alpha value is 0.714. The number of hydrogen-bond donors (Lipinski definition) is 0. The first-order valence-corrected chi connectivity index (χ1v) is 5.00. The van der Waals surface area contributed by atoms with Crippen LogP contribution in [0.2, 0.25) is 0 Å². The molecule has 11 heavy (non-hydrogen) atoms. The fourth-order valence-corrected chi connectivity index (χ4v) is 2.36. The van der Waals surface area contributed by atoms with Crippen LogP contribution in [-0.2, 0) is 0 Å². The van der Waals surface area contributed by atoms with Gasteiger partial charge in [0.15, 0.2) is 0 Å². The molecule has 0 amide bonds. The van der Waals surface area contributed by atoms with Crippen molar-refractivity contribution in [2.24, 2.45) is 0 Å². The van der Waals surface area contributed by atoms with Gasteiger partial charge in [0, 0.05) is 32.6 Å². The SMILES string of the molecule is BBB(B)B(B(B)B)B(B)B. The molecule has 0 spiro atoms. The Morgan fingerprint density at radius 3 is 1.27 bits per heavy atom.